The molecule has 0 bridgehead atoms. The summed E-state index contributed by atoms with van der Waals surface area (Å²) >= 11 is 0. The molecule has 0 radical (unpaired) electrons. The van der Waals surface area contributed by atoms with Gasteiger partial charge < -0.3 is 10.2 Å². The molecule has 3 rings (SSSR count). The van der Waals surface area contributed by atoms with E-state index in [4.69, 9.17) is 0 Å². The summed E-state index contributed by atoms with van der Waals surface area (Å²) in [7, 11) is 4.14. The maximum atomic E-state index is 12.7. The van der Waals surface area contributed by atoms with Crippen LogP contribution in [0.1, 0.15) is 43.4 Å². The van der Waals surface area contributed by atoms with Crippen molar-refractivity contribution in [1.29, 1.82) is 0 Å². The Balaban J connectivity index is 1.49. The molecular formula is C28H38N4O. The first-order valence-corrected chi connectivity index (χ1v) is 11.9. The van der Waals surface area contributed by atoms with Gasteiger partial charge in [-0.3, -0.25) is 14.7 Å². The fraction of sp³-hybridized carbons (Fsp3) is 0.429. The van der Waals surface area contributed by atoms with Crippen LogP contribution in [-0.4, -0.2) is 61.2 Å². The standard InChI is InChI=1S/C28H38N4O/c1-5-25(26-13-9-12-24(18-26)20-31(3)4)19-29-22(2)28(33)30-27-14-16-32(17-15-27)21-23-10-7-6-8-11-23/h5-13,18-19,22,27H,14-17,20-21H2,1-4H3,(H,30,33)/b25-5+,29-19?. The molecule has 0 spiro atoms. The summed E-state index contributed by atoms with van der Waals surface area (Å²) in [4.78, 5) is 21.9. The number of carbonyl (C=O) groups is 1. The van der Waals surface area contributed by atoms with Crippen molar-refractivity contribution in [2.75, 3.05) is 27.2 Å². The fourth-order valence-electron chi connectivity index (χ4n) is 4.19. The summed E-state index contributed by atoms with van der Waals surface area (Å²) in [5.74, 6) is 0.00423. The number of aliphatic imine (C=N–C) groups is 1. The lowest BCUT2D eigenvalue weighted by Crippen LogP contribution is -2.46. The number of hydrogen-bond donors (Lipinski definition) is 1. The van der Waals surface area contributed by atoms with Gasteiger partial charge >= 0.3 is 0 Å². The zero-order chi connectivity index (χ0) is 23.6. The number of nitrogens with one attached hydrogen (secondary N) is 1. The highest BCUT2D eigenvalue weighted by molar-refractivity contribution is 6.10. The molecule has 1 aliphatic rings. The van der Waals surface area contributed by atoms with Crippen LogP contribution < -0.4 is 5.32 Å². The summed E-state index contributed by atoms with van der Waals surface area (Å²) in [6, 6.07) is 18.9. The Labute approximate surface area is 199 Å². The third-order valence-corrected chi connectivity index (χ3v) is 6.07. The molecule has 2 aromatic carbocycles. The molecule has 1 saturated heterocycles. The molecule has 5 heteroatoms. The van der Waals surface area contributed by atoms with Crippen molar-refractivity contribution in [2.45, 2.75) is 51.9 Å². The first-order chi connectivity index (χ1) is 15.9. The molecule has 0 aliphatic carbocycles. The highest BCUT2D eigenvalue weighted by Gasteiger charge is 2.22. The smallest absolute Gasteiger partial charge is 0.244 e. The molecule has 0 aromatic heterocycles. The second-order valence-electron chi connectivity index (χ2n) is 9.18. The Bertz CT molecular complexity index is 943. The minimum absolute atomic E-state index is 0.00423. The lowest BCUT2D eigenvalue weighted by molar-refractivity contribution is -0.122. The normalized spacial score (nSPS) is 16.9. The van der Waals surface area contributed by atoms with Gasteiger partial charge in [0.1, 0.15) is 6.04 Å². The number of allylic oxidation sites excluding steroid dienone is 2. The Morgan fingerprint density at radius 1 is 1.12 bits per heavy atom. The zero-order valence-corrected chi connectivity index (χ0v) is 20.5. The molecular weight excluding hydrogens is 408 g/mol. The maximum Gasteiger partial charge on any atom is 0.244 e. The van der Waals surface area contributed by atoms with Gasteiger partial charge in [0, 0.05) is 38.4 Å². The number of nitrogens with zero attached hydrogens (tertiary/aromatic N) is 3. The number of hydrogen-bond acceptors (Lipinski definition) is 4. The van der Waals surface area contributed by atoms with Crippen molar-refractivity contribution in [2.24, 2.45) is 4.99 Å². The highest BCUT2D eigenvalue weighted by atomic mass is 16.2. The van der Waals surface area contributed by atoms with E-state index in [2.05, 4.69) is 88.8 Å². The molecule has 1 unspecified atom stereocenters. The van der Waals surface area contributed by atoms with Gasteiger partial charge in [0.2, 0.25) is 5.91 Å². The summed E-state index contributed by atoms with van der Waals surface area (Å²) in [6.07, 6.45) is 5.84. The largest absolute Gasteiger partial charge is 0.351 e. The van der Waals surface area contributed by atoms with E-state index >= 15 is 0 Å². The van der Waals surface area contributed by atoms with Gasteiger partial charge in [0.05, 0.1) is 0 Å². The van der Waals surface area contributed by atoms with Crippen molar-refractivity contribution in [3.63, 3.8) is 0 Å². The summed E-state index contributed by atoms with van der Waals surface area (Å²) in [5.41, 5.74) is 4.76. The average molecular weight is 447 g/mol. The van der Waals surface area contributed by atoms with Crippen molar-refractivity contribution >= 4 is 17.7 Å². The molecule has 2 aromatic rings. The number of piperidine rings is 1. The summed E-state index contributed by atoms with van der Waals surface area (Å²) < 4.78 is 0. The fourth-order valence-corrected chi connectivity index (χ4v) is 4.19. The molecule has 1 atom stereocenters. The lowest BCUT2D eigenvalue weighted by atomic mass is 10.0. The summed E-state index contributed by atoms with van der Waals surface area (Å²) in [6.45, 7) is 7.75. The van der Waals surface area contributed by atoms with Crippen molar-refractivity contribution in [3.8, 4) is 0 Å². The van der Waals surface area contributed by atoms with E-state index in [1.165, 1.54) is 11.1 Å². The molecule has 1 N–H and O–H groups in total. The minimum atomic E-state index is -0.410. The number of likely N-dealkylation sites (tertiary alicyclic amines) is 1. The van der Waals surface area contributed by atoms with E-state index in [1.807, 2.05) is 26.1 Å². The van der Waals surface area contributed by atoms with Gasteiger partial charge in [-0.15, -0.1) is 0 Å². The second-order valence-corrected chi connectivity index (χ2v) is 9.18. The number of amides is 1. The van der Waals surface area contributed by atoms with E-state index in [-0.39, 0.29) is 11.9 Å². The summed E-state index contributed by atoms with van der Waals surface area (Å²) in [5, 5.41) is 3.21. The molecule has 1 fully saturated rings. The number of carbonyl (C=O) groups excluding carboxylic acids is 1. The Morgan fingerprint density at radius 2 is 1.82 bits per heavy atom. The average Bonchev–Trinajstić information content (AvgIpc) is 2.81. The van der Waals surface area contributed by atoms with Gasteiger partial charge in [-0.2, -0.15) is 0 Å². The number of benzene rings is 2. The van der Waals surface area contributed by atoms with Crippen molar-refractivity contribution < 1.29 is 4.79 Å². The van der Waals surface area contributed by atoms with Crippen LogP contribution in [-0.2, 0) is 17.9 Å². The van der Waals surface area contributed by atoms with Gasteiger partial charge in [-0.25, -0.2) is 0 Å². The Hall–Kier alpha value is -2.76. The first-order valence-electron chi connectivity index (χ1n) is 11.9. The third kappa shape index (κ3) is 7.95. The van der Waals surface area contributed by atoms with Crippen molar-refractivity contribution in [3.05, 3.63) is 77.4 Å². The van der Waals surface area contributed by atoms with Gasteiger partial charge in [-0.1, -0.05) is 54.6 Å². The lowest BCUT2D eigenvalue weighted by Gasteiger charge is -2.32. The minimum Gasteiger partial charge on any atom is -0.351 e. The molecule has 1 amide bonds. The van der Waals surface area contributed by atoms with Gasteiger partial charge in [-0.05, 0) is 69.1 Å². The molecule has 1 heterocycles. The van der Waals surface area contributed by atoms with Gasteiger partial charge in [0.25, 0.3) is 0 Å². The topological polar surface area (TPSA) is 47.9 Å². The van der Waals surface area contributed by atoms with E-state index in [9.17, 15) is 4.79 Å². The predicted molar refractivity (Wildman–Crippen MR) is 138 cm³/mol. The zero-order valence-electron chi connectivity index (χ0n) is 20.5. The Morgan fingerprint density at radius 3 is 2.48 bits per heavy atom. The first kappa shape index (κ1) is 24.9. The second kappa shape index (κ2) is 12.5. The molecule has 33 heavy (non-hydrogen) atoms. The molecule has 5 nitrogen and oxygen atoms in total. The number of rotatable bonds is 9. The van der Waals surface area contributed by atoms with Crippen LogP contribution >= 0.6 is 0 Å². The van der Waals surface area contributed by atoms with Crippen LogP contribution in [0.4, 0.5) is 0 Å². The molecule has 0 saturated carbocycles. The molecule has 1 aliphatic heterocycles. The predicted octanol–water partition coefficient (Wildman–Crippen LogP) is 4.39. The van der Waals surface area contributed by atoms with Gasteiger partial charge in [0.15, 0.2) is 0 Å². The van der Waals surface area contributed by atoms with Crippen LogP contribution in [0.25, 0.3) is 5.57 Å². The van der Waals surface area contributed by atoms with E-state index in [0.717, 1.165) is 50.2 Å². The van der Waals surface area contributed by atoms with E-state index in [0.29, 0.717) is 0 Å². The van der Waals surface area contributed by atoms with Crippen LogP contribution in [0.2, 0.25) is 0 Å². The molecule has 176 valence electrons. The van der Waals surface area contributed by atoms with E-state index in [1.54, 1.807) is 0 Å². The van der Waals surface area contributed by atoms with E-state index < -0.39 is 6.04 Å². The van der Waals surface area contributed by atoms with Crippen LogP contribution in [0, 0.1) is 0 Å². The maximum absolute atomic E-state index is 12.7. The van der Waals surface area contributed by atoms with Crippen LogP contribution in [0.3, 0.4) is 0 Å². The SMILES string of the molecule is C/C=C(\C=NC(C)C(=O)NC1CCN(Cc2ccccc2)CC1)c1cccc(CN(C)C)c1. The van der Waals surface area contributed by atoms with Crippen LogP contribution in [0.5, 0.6) is 0 Å². The van der Waals surface area contributed by atoms with Crippen LogP contribution in [0.15, 0.2) is 65.7 Å². The highest BCUT2D eigenvalue weighted by Crippen LogP contribution is 2.17. The monoisotopic (exact) mass is 446 g/mol. The quantitative estimate of drug-likeness (QED) is 0.581. The Kier molecular flexibility index (Phi) is 9.40. The van der Waals surface area contributed by atoms with Crippen molar-refractivity contribution in [1.82, 2.24) is 15.1 Å². The third-order valence-electron chi connectivity index (χ3n) is 6.07.